The first-order chi connectivity index (χ1) is 12.4. The molecule has 2 aromatic heterocycles. The van der Waals surface area contributed by atoms with E-state index in [1.807, 2.05) is 35.7 Å². The van der Waals surface area contributed by atoms with Crippen molar-refractivity contribution in [3.63, 3.8) is 0 Å². The molecule has 0 fully saturated rings. The van der Waals surface area contributed by atoms with Crippen LogP contribution in [0.1, 0.15) is 11.4 Å². The van der Waals surface area contributed by atoms with E-state index in [2.05, 4.69) is 9.71 Å². The SMILES string of the molecule is COc1ccc(OC)c(S(=O)(=O)NCCc2cn3c(C)cccc3n2)c1. The van der Waals surface area contributed by atoms with Crippen LogP contribution < -0.4 is 14.2 Å². The van der Waals surface area contributed by atoms with E-state index < -0.39 is 10.0 Å². The van der Waals surface area contributed by atoms with Crippen LogP contribution in [0.4, 0.5) is 0 Å². The zero-order chi connectivity index (χ0) is 18.7. The maximum atomic E-state index is 12.6. The summed E-state index contributed by atoms with van der Waals surface area (Å²) >= 11 is 0. The molecule has 0 aliphatic carbocycles. The minimum Gasteiger partial charge on any atom is -0.497 e. The summed E-state index contributed by atoms with van der Waals surface area (Å²) in [5.41, 5.74) is 2.74. The summed E-state index contributed by atoms with van der Waals surface area (Å²) in [6.07, 6.45) is 2.40. The van der Waals surface area contributed by atoms with Gasteiger partial charge in [0.25, 0.3) is 0 Å². The topological polar surface area (TPSA) is 81.9 Å². The molecule has 0 saturated carbocycles. The Morgan fingerprint density at radius 1 is 1.15 bits per heavy atom. The summed E-state index contributed by atoms with van der Waals surface area (Å²) in [6.45, 7) is 2.22. The van der Waals surface area contributed by atoms with Gasteiger partial charge in [0.2, 0.25) is 10.0 Å². The molecule has 3 rings (SSSR count). The molecule has 0 amide bonds. The Hall–Kier alpha value is -2.58. The van der Waals surface area contributed by atoms with E-state index in [1.165, 1.54) is 20.3 Å². The summed E-state index contributed by atoms with van der Waals surface area (Å²) in [5.74, 6) is 0.712. The summed E-state index contributed by atoms with van der Waals surface area (Å²) in [4.78, 5) is 4.56. The van der Waals surface area contributed by atoms with Gasteiger partial charge in [0.1, 0.15) is 22.0 Å². The van der Waals surface area contributed by atoms with Crippen LogP contribution in [0, 0.1) is 6.92 Å². The lowest BCUT2D eigenvalue weighted by Crippen LogP contribution is -2.26. The molecule has 0 atom stereocenters. The van der Waals surface area contributed by atoms with Crippen LogP contribution in [0.25, 0.3) is 5.65 Å². The number of ether oxygens (including phenoxy) is 2. The molecule has 26 heavy (non-hydrogen) atoms. The van der Waals surface area contributed by atoms with Gasteiger partial charge < -0.3 is 13.9 Å². The minimum atomic E-state index is -3.73. The normalized spacial score (nSPS) is 11.7. The second kappa shape index (κ2) is 7.35. The highest BCUT2D eigenvalue weighted by Gasteiger charge is 2.20. The number of sulfonamides is 1. The number of fused-ring (bicyclic) bond motifs is 1. The third-order valence-electron chi connectivity index (χ3n) is 4.08. The lowest BCUT2D eigenvalue weighted by molar-refractivity contribution is 0.392. The van der Waals surface area contributed by atoms with Crippen molar-refractivity contribution in [2.75, 3.05) is 20.8 Å². The Morgan fingerprint density at radius 2 is 1.96 bits per heavy atom. The molecule has 7 nitrogen and oxygen atoms in total. The van der Waals surface area contributed by atoms with Crippen LogP contribution >= 0.6 is 0 Å². The van der Waals surface area contributed by atoms with Crippen molar-refractivity contribution in [1.82, 2.24) is 14.1 Å². The average molecular weight is 375 g/mol. The summed E-state index contributed by atoms with van der Waals surface area (Å²) in [5, 5.41) is 0. The lowest BCUT2D eigenvalue weighted by atomic mass is 10.3. The largest absolute Gasteiger partial charge is 0.497 e. The Balaban J connectivity index is 1.75. The molecule has 3 aromatic rings. The van der Waals surface area contributed by atoms with Crippen LogP contribution in [0.5, 0.6) is 11.5 Å². The molecule has 1 aromatic carbocycles. The molecule has 0 aliphatic rings. The molecule has 0 aliphatic heterocycles. The number of rotatable bonds is 7. The van der Waals surface area contributed by atoms with Gasteiger partial charge in [0, 0.05) is 30.9 Å². The van der Waals surface area contributed by atoms with Crippen molar-refractivity contribution in [2.45, 2.75) is 18.2 Å². The van der Waals surface area contributed by atoms with E-state index in [4.69, 9.17) is 9.47 Å². The number of nitrogens with one attached hydrogen (secondary N) is 1. The highest BCUT2D eigenvalue weighted by Crippen LogP contribution is 2.27. The average Bonchev–Trinajstić information content (AvgIpc) is 3.05. The Bertz CT molecular complexity index is 1030. The van der Waals surface area contributed by atoms with Gasteiger partial charge >= 0.3 is 0 Å². The fraction of sp³-hybridized carbons (Fsp3) is 0.278. The van der Waals surface area contributed by atoms with Crippen molar-refractivity contribution in [3.05, 3.63) is 54.0 Å². The van der Waals surface area contributed by atoms with Crippen LogP contribution in [-0.2, 0) is 16.4 Å². The number of aryl methyl sites for hydroxylation is 1. The Labute approximate surface area is 152 Å². The summed E-state index contributed by atoms with van der Waals surface area (Å²) in [7, 11) is -0.820. The van der Waals surface area contributed by atoms with Gasteiger partial charge in [0.15, 0.2) is 0 Å². The molecule has 0 bridgehead atoms. The predicted molar refractivity (Wildman–Crippen MR) is 98.4 cm³/mol. The van der Waals surface area contributed by atoms with Gasteiger partial charge in [-0.15, -0.1) is 0 Å². The first-order valence-corrected chi connectivity index (χ1v) is 9.58. The van der Waals surface area contributed by atoms with Crippen molar-refractivity contribution in [3.8, 4) is 11.5 Å². The van der Waals surface area contributed by atoms with E-state index in [1.54, 1.807) is 12.1 Å². The third kappa shape index (κ3) is 3.66. The van der Waals surface area contributed by atoms with E-state index in [-0.39, 0.29) is 17.2 Å². The van der Waals surface area contributed by atoms with Crippen molar-refractivity contribution >= 4 is 15.7 Å². The van der Waals surface area contributed by atoms with E-state index in [9.17, 15) is 8.42 Å². The number of imidazole rings is 1. The molecule has 0 radical (unpaired) electrons. The highest BCUT2D eigenvalue weighted by atomic mass is 32.2. The van der Waals surface area contributed by atoms with Gasteiger partial charge in [-0.25, -0.2) is 18.1 Å². The Morgan fingerprint density at radius 3 is 2.65 bits per heavy atom. The highest BCUT2D eigenvalue weighted by molar-refractivity contribution is 7.89. The first-order valence-electron chi connectivity index (χ1n) is 8.10. The van der Waals surface area contributed by atoms with Gasteiger partial charge in [-0.1, -0.05) is 6.07 Å². The summed E-state index contributed by atoms with van der Waals surface area (Å²) < 4.78 is 40.1. The number of nitrogens with zero attached hydrogens (tertiary/aromatic N) is 2. The van der Waals surface area contributed by atoms with Crippen molar-refractivity contribution in [2.24, 2.45) is 0 Å². The number of pyridine rings is 1. The van der Waals surface area contributed by atoms with Crippen molar-refractivity contribution in [1.29, 1.82) is 0 Å². The molecule has 1 N–H and O–H groups in total. The molecule has 8 heteroatoms. The van der Waals surface area contributed by atoms with Crippen LogP contribution in [-0.4, -0.2) is 38.6 Å². The monoisotopic (exact) mass is 375 g/mol. The molecule has 0 spiro atoms. The second-order valence-electron chi connectivity index (χ2n) is 5.79. The maximum absolute atomic E-state index is 12.6. The first kappa shape index (κ1) is 18.2. The number of hydrogen-bond donors (Lipinski definition) is 1. The summed E-state index contributed by atoms with van der Waals surface area (Å²) in [6, 6.07) is 10.5. The quantitative estimate of drug-likeness (QED) is 0.684. The lowest BCUT2D eigenvalue weighted by Gasteiger charge is -2.11. The second-order valence-corrected chi connectivity index (χ2v) is 7.53. The zero-order valence-corrected chi connectivity index (χ0v) is 15.7. The fourth-order valence-electron chi connectivity index (χ4n) is 2.70. The van der Waals surface area contributed by atoms with Crippen LogP contribution in [0.2, 0.25) is 0 Å². The molecule has 2 heterocycles. The molecular weight excluding hydrogens is 354 g/mol. The van der Waals surface area contributed by atoms with Crippen LogP contribution in [0.15, 0.2) is 47.5 Å². The number of benzene rings is 1. The molecule has 0 unspecified atom stereocenters. The van der Waals surface area contributed by atoms with Crippen LogP contribution in [0.3, 0.4) is 0 Å². The predicted octanol–water partition coefficient (Wildman–Crippen LogP) is 2.18. The van der Waals surface area contributed by atoms with Gasteiger partial charge in [0.05, 0.1) is 19.9 Å². The molecule has 0 saturated heterocycles. The number of methoxy groups -OCH3 is 2. The molecular formula is C18H21N3O4S. The van der Waals surface area contributed by atoms with Gasteiger partial charge in [-0.2, -0.15) is 0 Å². The third-order valence-corrected chi connectivity index (χ3v) is 5.56. The van der Waals surface area contributed by atoms with Gasteiger partial charge in [-0.05, 0) is 31.2 Å². The van der Waals surface area contributed by atoms with E-state index >= 15 is 0 Å². The minimum absolute atomic E-state index is 0.0465. The Kier molecular flexibility index (Phi) is 5.15. The van der Waals surface area contributed by atoms with E-state index in [0.717, 1.165) is 17.0 Å². The molecule has 138 valence electrons. The smallest absolute Gasteiger partial charge is 0.244 e. The number of aromatic nitrogens is 2. The van der Waals surface area contributed by atoms with E-state index in [0.29, 0.717) is 12.2 Å². The standard InChI is InChI=1S/C18H21N3O4S/c1-13-5-4-6-18-20-14(12-21(13)18)9-10-19-26(22,23)17-11-15(24-2)7-8-16(17)25-3/h4-8,11-12,19H,9-10H2,1-3H3. The fourth-order valence-corrected chi connectivity index (χ4v) is 3.92. The van der Waals surface area contributed by atoms with Crippen molar-refractivity contribution < 1.29 is 17.9 Å². The zero-order valence-electron chi connectivity index (χ0n) is 14.9. The van der Waals surface area contributed by atoms with Gasteiger partial charge in [-0.3, -0.25) is 0 Å². The number of hydrogen-bond acceptors (Lipinski definition) is 5. The maximum Gasteiger partial charge on any atom is 0.244 e.